The zero-order valence-electron chi connectivity index (χ0n) is 10.3. The fourth-order valence-electron chi connectivity index (χ4n) is 2.42. The summed E-state index contributed by atoms with van der Waals surface area (Å²) in [6.45, 7) is 4.07. The lowest BCUT2D eigenvalue weighted by Crippen LogP contribution is -2.26. The Morgan fingerprint density at radius 2 is 1.94 bits per heavy atom. The number of hydrogen-bond acceptors (Lipinski definition) is 2. The highest BCUT2D eigenvalue weighted by molar-refractivity contribution is 7.86. The molecule has 1 unspecified atom stereocenters. The molecule has 3 heteroatoms. The number of carbonyl (C=O) groups is 1. The van der Waals surface area contributed by atoms with Crippen molar-refractivity contribution in [2.24, 2.45) is 5.92 Å². The van der Waals surface area contributed by atoms with Gasteiger partial charge in [-0.2, -0.15) is 0 Å². The smallest absolute Gasteiger partial charge is 0.149 e. The maximum Gasteiger partial charge on any atom is 0.149 e. The summed E-state index contributed by atoms with van der Waals surface area (Å²) in [5.41, 5.74) is 1.15. The van der Waals surface area contributed by atoms with Crippen LogP contribution < -0.4 is 0 Å². The lowest BCUT2D eigenvalue weighted by Gasteiger charge is -2.16. The van der Waals surface area contributed by atoms with E-state index in [2.05, 4.69) is 6.92 Å². The highest BCUT2D eigenvalue weighted by Crippen LogP contribution is 2.32. The van der Waals surface area contributed by atoms with Crippen LogP contribution in [0.25, 0.3) is 0 Å². The quantitative estimate of drug-likeness (QED) is 0.826. The van der Waals surface area contributed by atoms with Gasteiger partial charge in [-0.1, -0.05) is 31.0 Å². The molecule has 0 saturated heterocycles. The van der Waals surface area contributed by atoms with Crippen molar-refractivity contribution in [2.75, 3.05) is 0 Å². The molecule has 0 radical (unpaired) electrons. The molecule has 92 valence electrons. The van der Waals surface area contributed by atoms with Crippen LogP contribution in [0, 0.1) is 12.8 Å². The van der Waals surface area contributed by atoms with E-state index in [1.54, 1.807) is 0 Å². The van der Waals surface area contributed by atoms with Gasteiger partial charge >= 0.3 is 0 Å². The van der Waals surface area contributed by atoms with Crippen molar-refractivity contribution in [2.45, 2.75) is 43.3 Å². The third kappa shape index (κ3) is 2.49. The predicted molar refractivity (Wildman–Crippen MR) is 69.4 cm³/mol. The summed E-state index contributed by atoms with van der Waals surface area (Å²) in [5, 5.41) is -0.275. The minimum Gasteiger partial charge on any atom is -0.298 e. The number of ketones is 1. The first-order chi connectivity index (χ1) is 8.13. The molecule has 2 nitrogen and oxygen atoms in total. The molecule has 0 bridgehead atoms. The molecule has 2 rings (SSSR count). The highest BCUT2D eigenvalue weighted by atomic mass is 32.2. The van der Waals surface area contributed by atoms with Gasteiger partial charge in [0.1, 0.15) is 11.0 Å². The maximum atomic E-state index is 12.4. The van der Waals surface area contributed by atoms with Gasteiger partial charge in [0.15, 0.2) is 0 Å². The van der Waals surface area contributed by atoms with Gasteiger partial charge in [-0.05, 0) is 31.4 Å². The third-order valence-electron chi connectivity index (χ3n) is 3.52. The van der Waals surface area contributed by atoms with Gasteiger partial charge in [0, 0.05) is 11.3 Å². The van der Waals surface area contributed by atoms with E-state index in [1.807, 2.05) is 31.2 Å². The molecule has 0 aromatic heterocycles. The Kier molecular flexibility index (Phi) is 3.77. The Morgan fingerprint density at radius 1 is 1.29 bits per heavy atom. The second-order valence-corrected chi connectivity index (χ2v) is 6.28. The molecule has 1 fully saturated rings. The summed E-state index contributed by atoms with van der Waals surface area (Å²) < 4.78 is 12.4. The first kappa shape index (κ1) is 12.5. The number of benzene rings is 1. The van der Waals surface area contributed by atoms with Crippen LogP contribution in [0.5, 0.6) is 0 Å². The zero-order valence-corrected chi connectivity index (χ0v) is 11.1. The molecule has 0 N–H and O–H groups in total. The largest absolute Gasteiger partial charge is 0.298 e. The van der Waals surface area contributed by atoms with E-state index >= 15 is 0 Å². The summed E-state index contributed by atoms with van der Waals surface area (Å²) in [4.78, 5) is 12.6. The molecule has 0 heterocycles. The molecule has 0 amide bonds. The third-order valence-corrected chi connectivity index (χ3v) is 5.36. The van der Waals surface area contributed by atoms with Crippen LogP contribution >= 0.6 is 0 Å². The predicted octanol–water partition coefficient (Wildman–Crippen LogP) is 2.86. The molecular weight excluding hydrogens is 232 g/mol. The van der Waals surface area contributed by atoms with Crippen LogP contribution in [0.1, 0.15) is 31.7 Å². The molecule has 1 aromatic carbocycles. The average Bonchev–Trinajstić information content (AvgIpc) is 2.70. The first-order valence-corrected chi connectivity index (χ1v) is 7.34. The molecule has 1 aliphatic carbocycles. The highest BCUT2D eigenvalue weighted by Gasteiger charge is 2.38. The van der Waals surface area contributed by atoms with E-state index < -0.39 is 10.8 Å². The lowest BCUT2D eigenvalue weighted by molar-refractivity contribution is -0.117. The number of carbonyl (C=O) groups excluding carboxylic acids is 1. The Balaban J connectivity index is 2.24. The zero-order chi connectivity index (χ0) is 12.4. The molecule has 1 aliphatic rings. The van der Waals surface area contributed by atoms with E-state index in [1.165, 1.54) is 0 Å². The summed E-state index contributed by atoms with van der Waals surface area (Å²) in [6, 6.07) is 7.66. The van der Waals surface area contributed by atoms with Crippen molar-refractivity contribution in [3.8, 4) is 0 Å². The van der Waals surface area contributed by atoms with Gasteiger partial charge in [-0.3, -0.25) is 9.00 Å². The molecule has 1 saturated carbocycles. The Hall–Kier alpha value is -0.960. The van der Waals surface area contributed by atoms with Crippen LogP contribution in [0.3, 0.4) is 0 Å². The van der Waals surface area contributed by atoms with E-state index in [4.69, 9.17) is 0 Å². The van der Waals surface area contributed by atoms with E-state index in [-0.39, 0.29) is 11.0 Å². The molecule has 17 heavy (non-hydrogen) atoms. The lowest BCUT2D eigenvalue weighted by atomic mass is 10.1. The van der Waals surface area contributed by atoms with Gasteiger partial charge in [0.2, 0.25) is 0 Å². The fourth-order valence-corrected chi connectivity index (χ4v) is 4.15. The fraction of sp³-hybridized carbons (Fsp3) is 0.500. The van der Waals surface area contributed by atoms with Gasteiger partial charge in [0.25, 0.3) is 0 Å². The van der Waals surface area contributed by atoms with E-state index in [0.29, 0.717) is 12.3 Å². The summed E-state index contributed by atoms with van der Waals surface area (Å²) in [6.07, 6.45) is 2.44. The van der Waals surface area contributed by atoms with Gasteiger partial charge in [-0.25, -0.2) is 0 Å². The maximum absolute atomic E-state index is 12.4. The number of aryl methyl sites for hydroxylation is 1. The van der Waals surface area contributed by atoms with E-state index in [0.717, 1.165) is 23.3 Å². The second-order valence-electron chi connectivity index (χ2n) is 4.70. The molecule has 3 atom stereocenters. The van der Waals surface area contributed by atoms with Crippen LogP contribution in [0.15, 0.2) is 29.2 Å². The summed E-state index contributed by atoms with van der Waals surface area (Å²) in [5.74, 6) is 0.473. The average molecular weight is 250 g/mol. The van der Waals surface area contributed by atoms with Crippen LogP contribution in [-0.2, 0) is 15.6 Å². The number of Topliss-reactive ketones (excluding diaryl/α,β-unsaturated/α-hetero) is 1. The van der Waals surface area contributed by atoms with E-state index in [9.17, 15) is 9.00 Å². The Labute approximate surface area is 105 Å². The second kappa shape index (κ2) is 5.13. The monoisotopic (exact) mass is 250 g/mol. The van der Waals surface area contributed by atoms with Crippen molar-refractivity contribution in [3.05, 3.63) is 29.8 Å². The van der Waals surface area contributed by atoms with Gasteiger partial charge in [-0.15, -0.1) is 0 Å². The SMILES string of the molecule is CC[C@@H]1CCC(=O)[C@H]1S(=O)c1ccc(C)cc1. The molecule has 0 aliphatic heterocycles. The standard InChI is InChI=1S/C14H18O2S/c1-3-11-6-9-13(15)14(11)17(16)12-7-4-10(2)5-8-12/h4-5,7-8,11,14H,3,6,9H2,1-2H3/t11-,14+,17?/m1/s1. The molecule has 1 aromatic rings. The summed E-state index contributed by atoms with van der Waals surface area (Å²) in [7, 11) is -1.18. The first-order valence-electron chi connectivity index (χ1n) is 6.13. The van der Waals surface area contributed by atoms with Crippen molar-refractivity contribution >= 4 is 16.6 Å². The normalized spacial score (nSPS) is 26.1. The summed E-state index contributed by atoms with van der Waals surface area (Å²) >= 11 is 0. The van der Waals surface area contributed by atoms with Crippen LogP contribution in [-0.4, -0.2) is 15.2 Å². The van der Waals surface area contributed by atoms with Crippen molar-refractivity contribution in [1.29, 1.82) is 0 Å². The van der Waals surface area contributed by atoms with Gasteiger partial charge < -0.3 is 0 Å². The van der Waals surface area contributed by atoms with Crippen LogP contribution in [0.4, 0.5) is 0 Å². The van der Waals surface area contributed by atoms with Crippen LogP contribution in [0.2, 0.25) is 0 Å². The van der Waals surface area contributed by atoms with Gasteiger partial charge in [0.05, 0.1) is 10.8 Å². The Morgan fingerprint density at radius 3 is 2.53 bits per heavy atom. The number of hydrogen-bond donors (Lipinski definition) is 0. The molecule has 0 spiro atoms. The van der Waals surface area contributed by atoms with Crippen molar-refractivity contribution in [1.82, 2.24) is 0 Å². The minimum atomic E-state index is -1.18. The minimum absolute atomic E-state index is 0.177. The van der Waals surface area contributed by atoms with Crippen molar-refractivity contribution < 1.29 is 9.00 Å². The van der Waals surface area contributed by atoms with Crippen molar-refractivity contribution in [3.63, 3.8) is 0 Å². The number of rotatable bonds is 3. The molecular formula is C14H18O2S. The topological polar surface area (TPSA) is 34.1 Å². The Bertz CT molecular complexity index is 436.